The van der Waals surface area contributed by atoms with Gasteiger partial charge in [0, 0.05) is 23.7 Å². The van der Waals surface area contributed by atoms with E-state index in [-0.39, 0.29) is 0 Å². The molecule has 0 amide bonds. The number of hydrogen-bond acceptors (Lipinski definition) is 3. The van der Waals surface area contributed by atoms with E-state index in [4.69, 9.17) is 4.74 Å². The van der Waals surface area contributed by atoms with Crippen LogP contribution in [0.2, 0.25) is 0 Å². The van der Waals surface area contributed by atoms with Crippen LogP contribution in [-0.4, -0.2) is 36.3 Å². The van der Waals surface area contributed by atoms with E-state index in [1.165, 1.54) is 12.8 Å². The molecule has 96 valence electrons. The summed E-state index contributed by atoms with van der Waals surface area (Å²) in [6.45, 7) is 12.3. The van der Waals surface area contributed by atoms with Crippen molar-refractivity contribution in [2.24, 2.45) is 5.92 Å². The highest BCUT2D eigenvalue weighted by Crippen LogP contribution is 2.29. The van der Waals surface area contributed by atoms with Crippen LogP contribution in [0.25, 0.3) is 0 Å². The average Bonchev–Trinajstić information content (AvgIpc) is 2.59. The summed E-state index contributed by atoms with van der Waals surface area (Å²) in [6, 6.07) is 0. The maximum atomic E-state index is 5.58. The van der Waals surface area contributed by atoms with Crippen LogP contribution in [0.4, 0.5) is 0 Å². The van der Waals surface area contributed by atoms with Crippen molar-refractivity contribution in [3.05, 3.63) is 0 Å². The third kappa shape index (κ3) is 5.55. The van der Waals surface area contributed by atoms with Gasteiger partial charge in [-0.2, -0.15) is 11.8 Å². The first kappa shape index (κ1) is 14.3. The maximum absolute atomic E-state index is 5.58. The molecule has 0 aliphatic carbocycles. The van der Waals surface area contributed by atoms with Crippen molar-refractivity contribution in [2.75, 3.05) is 19.7 Å². The topological polar surface area (TPSA) is 21.3 Å². The zero-order valence-electron chi connectivity index (χ0n) is 11.2. The Morgan fingerprint density at radius 1 is 1.38 bits per heavy atom. The summed E-state index contributed by atoms with van der Waals surface area (Å²) in [5, 5.41) is 4.95. The lowest BCUT2D eigenvalue weighted by Crippen LogP contribution is -2.27. The molecule has 3 atom stereocenters. The number of nitrogens with one attached hydrogen (secondary N) is 1. The first-order chi connectivity index (χ1) is 7.59. The van der Waals surface area contributed by atoms with Crippen molar-refractivity contribution < 1.29 is 4.74 Å². The van der Waals surface area contributed by atoms with E-state index in [0.29, 0.717) is 16.6 Å². The Bertz CT molecular complexity index is 187. The van der Waals surface area contributed by atoms with Gasteiger partial charge in [-0.15, -0.1) is 0 Å². The van der Waals surface area contributed by atoms with Gasteiger partial charge in [-0.25, -0.2) is 0 Å². The molecule has 1 aliphatic rings. The largest absolute Gasteiger partial charge is 0.377 e. The molecule has 1 saturated heterocycles. The highest BCUT2D eigenvalue weighted by atomic mass is 32.2. The average molecular weight is 245 g/mol. The standard InChI is InChI=1S/C13H27NOS/c1-10(2)5-7-14-9-11(3)16-13-6-8-15-12(13)4/h10-14H,5-9H2,1-4H3. The molecule has 0 spiro atoms. The summed E-state index contributed by atoms with van der Waals surface area (Å²) in [5.41, 5.74) is 0. The first-order valence-electron chi connectivity index (χ1n) is 6.57. The molecule has 0 aromatic carbocycles. The van der Waals surface area contributed by atoms with Crippen LogP contribution in [0.1, 0.15) is 40.5 Å². The van der Waals surface area contributed by atoms with Crippen LogP contribution in [0.3, 0.4) is 0 Å². The lowest BCUT2D eigenvalue weighted by atomic mass is 10.1. The van der Waals surface area contributed by atoms with Gasteiger partial charge >= 0.3 is 0 Å². The Morgan fingerprint density at radius 3 is 2.69 bits per heavy atom. The van der Waals surface area contributed by atoms with Gasteiger partial charge in [0.1, 0.15) is 0 Å². The van der Waals surface area contributed by atoms with Gasteiger partial charge < -0.3 is 10.1 Å². The molecule has 0 bridgehead atoms. The van der Waals surface area contributed by atoms with Crippen LogP contribution >= 0.6 is 11.8 Å². The molecule has 1 heterocycles. The summed E-state index contributed by atoms with van der Waals surface area (Å²) in [5.74, 6) is 0.804. The van der Waals surface area contributed by atoms with Crippen LogP contribution in [0.15, 0.2) is 0 Å². The van der Waals surface area contributed by atoms with E-state index in [9.17, 15) is 0 Å². The molecule has 0 saturated carbocycles. The SMILES string of the molecule is CC(C)CCNCC(C)SC1CCOC1C. The number of hydrogen-bond donors (Lipinski definition) is 1. The molecular formula is C13H27NOS. The molecule has 1 fully saturated rings. The van der Waals surface area contributed by atoms with Gasteiger partial charge in [0.05, 0.1) is 6.10 Å². The van der Waals surface area contributed by atoms with Crippen molar-refractivity contribution >= 4 is 11.8 Å². The van der Waals surface area contributed by atoms with Crippen molar-refractivity contribution in [3.63, 3.8) is 0 Å². The van der Waals surface area contributed by atoms with Crippen molar-refractivity contribution in [1.29, 1.82) is 0 Å². The van der Waals surface area contributed by atoms with Gasteiger partial charge in [-0.1, -0.05) is 20.8 Å². The van der Waals surface area contributed by atoms with Crippen molar-refractivity contribution in [3.8, 4) is 0 Å². The molecular weight excluding hydrogens is 218 g/mol. The van der Waals surface area contributed by atoms with E-state index in [0.717, 1.165) is 25.6 Å². The molecule has 3 heteroatoms. The van der Waals surface area contributed by atoms with Crippen molar-refractivity contribution in [2.45, 2.75) is 57.1 Å². The quantitative estimate of drug-likeness (QED) is 0.697. The monoisotopic (exact) mass is 245 g/mol. The fraction of sp³-hybridized carbons (Fsp3) is 1.00. The number of ether oxygens (including phenoxy) is 1. The molecule has 3 unspecified atom stereocenters. The van der Waals surface area contributed by atoms with Gasteiger partial charge in [-0.3, -0.25) is 0 Å². The Balaban J connectivity index is 2.04. The minimum absolute atomic E-state index is 0.447. The predicted molar refractivity (Wildman–Crippen MR) is 73.2 cm³/mol. The molecule has 0 aromatic heterocycles. The minimum atomic E-state index is 0.447. The zero-order chi connectivity index (χ0) is 12.0. The minimum Gasteiger partial charge on any atom is -0.377 e. The van der Waals surface area contributed by atoms with E-state index < -0.39 is 0 Å². The second-order valence-corrected chi connectivity index (χ2v) is 6.92. The second-order valence-electron chi connectivity index (χ2n) is 5.24. The Hall–Kier alpha value is 0.270. The summed E-state index contributed by atoms with van der Waals surface area (Å²) in [6.07, 6.45) is 2.95. The molecule has 16 heavy (non-hydrogen) atoms. The summed E-state index contributed by atoms with van der Waals surface area (Å²) >= 11 is 2.09. The summed E-state index contributed by atoms with van der Waals surface area (Å²) in [7, 11) is 0. The number of rotatable bonds is 7. The molecule has 1 rings (SSSR count). The normalized spacial score (nSPS) is 27.6. The van der Waals surface area contributed by atoms with Crippen LogP contribution in [-0.2, 0) is 4.74 Å². The Kier molecular flexibility index (Phi) is 6.78. The highest BCUT2D eigenvalue weighted by Gasteiger charge is 2.26. The lowest BCUT2D eigenvalue weighted by molar-refractivity contribution is 0.127. The highest BCUT2D eigenvalue weighted by molar-refractivity contribution is 8.00. The van der Waals surface area contributed by atoms with Gasteiger partial charge in [0.25, 0.3) is 0 Å². The Labute approximate surface area is 105 Å². The Morgan fingerprint density at radius 2 is 2.12 bits per heavy atom. The molecule has 0 aromatic rings. The molecule has 0 radical (unpaired) electrons. The maximum Gasteiger partial charge on any atom is 0.0666 e. The fourth-order valence-electron chi connectivity index (χ4n) is 1.93. The van der Waals surface area contributed by atoms with E-state index in [1.807, 2.05) is 0 Å². The van der Waals surface area contributed by atoms with Crippen LogP contribution < -0.4 is 5.32 Å². The van der Waals surface area contributed by atoms with Gasteiger partial charge in [0.15, 0.2) is 0 Å². The molecule has 1 N–H and O–H groups in total. The molecule has 1 aliphatic heterocycles. The van der Waals surface area contributed by atoms with E-state index in [2.05, 4.69) is 44.8 Å². The zero-order valence-corrected chi connectivity index (χ0v) is 12.0. The molecule has 2 nitrogen and oxygen atoms in total. The van der Waals surface area contributed by atoms with E-state index >= 15 is 0 Å². The number of thioether (sulfide) groups is 1. The first-order valence-corrected chi connectivity index (χ1v) is 7.51. The second kappa shape index (κ2) is 7.57. The fourth-order valence-corrected chi connectivity index (χ4v) is 3.28. The smallest absolute Gasteiger partial charge is 0.0666 e. The van der Waals surface area contributed by atoms with Crippen LogP contribution in [0, 0.1) is 5.92 Å². The summed E-state index contributed by atoms with van der Waals surface area (Å²) < 4.78 is 5.58. The third-order valence-corrected chi connectivity index (χ3v) is 4.64. The summed E-state index contributed by atoms with van der Waals surface area (Å²) in [4.78, 5) is 0. The van der Waals surface area contributed by atoms with Crippen LogP contribution in [0.5, 0.6) is 0 Å². The van der Waals surface area contributed by atoms with Gasteiger partial charge in [0.2, 0.25) is 0 Å². The third-order valence-electron chi connectivity index (χ3n) is 3.04. The van der Waals surface area contributed by atoms with Crippen molar-refractivity contribution in [1.82, 2.24) is 5.32 Å². The van der Waals surface area contributed by atoms with Gasteiger partial charge in [-0.05, 0) is 32.2 Å². The van der Waals surface area contributed by atoms with E-state index in [1.54, 1.807) is 0 Å². The predicted octanol–water partition coefficient (Wildman–Crippen LogP) is 2.92. The lowest BCUT2D eigenvalue weighted by Gasteiger charge is -2.19.